The molecule has 0 radical (unpaired) electrons. The topological polar surface area (TPSA) is 57.0 Å². The molecule has 2 aromatic heterocycles. The van der Waals surface area contributed by atoms with E-state index in [0.717, 1.165) is 0 Å². The zero-order valence-electron chi connectivity index (χ0n) is 11.6. The summed E-state index contributed by atoms with van der Waals surface area (Å²) in [5, 5.41) is 4.54. The number of methoxy groups -OCH3 is 1. The number of ether oxygens (including phenoxy) is 1. The number of halogens is 2. The van der Waals surface area contributed by atoms with E-state index in [1.54, 1.807) is 29.1 Å². The van der Waals surface area contributed by atoms with E-state index in [1.807, 2.05) is 0 Å². The van der Waals surface area contributed by atoms with Gasteiger partial charge in [-0.3, -0.25) is 9.67 Å². The van der Waals surface area contributed by atoms with Gasteiger partial charge < -0.3 is 4.74 Å². The van der Waals surface area contributed by atoms with Crippen LogP contribution < -0.4 is 0 Å². The number of fused-ring (bicyclic) bond motifs is 1. The molecule has 0 N–H and O–H groups in total. The van der Waals surface area contributed by atoms with E-state index in [-0.39, 0.29) is 12.2 Å². The van der Waals surface area contributed by atoms with E-state index in [4.69, 9.17) is 16.3 Å². The molecule has 1 aromatic carbocycles. The lowest BCUT2D eigenvalue weighted by molar-refractivity contribution is 0.0595. The van der Waals surface area contributed by atoms with Crippen molar-refractivity contribution >= 4 is 28.6 Å². The first-order valence-electron chi connectivity index (χ1n) is 6.44. The van der Waals surface area contributed by atoms with Crippen molar-refractivity contribution in [2.45, 2.75) is 6.54 Å². The third-order valence-corrected chi connectivity index (χ3v) is 3.58. The van der Waals surface area contributed by atoms with Gasteiger partial charge in [0, 0.05) is 11.2 Å². The molecule has 0 saturated heterocycles. The fourth-order valence-corrected chi connectivity index (χ4v) is 2.40. The van der Waals surface area contributed by atoms with Crippen LogP contribution in [0.15, 0.2) is 36.5 Å². The molecular formula is C15H11ClFN3O2. The van der Waals surface area contributed by atoms with Gasteiger partial charge in [-0.25, -0.2) is 9.18 Å². The number of aromatic nitrogens is 3. The summed E-state index contributed by atoms with van der Waals surface area (Å²) in [5.41, 5.74) is 1.94. The molecule has 22 heavy (non-hydrogen) atoms. The second-order valence-electron chi connectivity index (χ2n) is 4.60. The Morgan fingerprint density at radius 3 is 2.95 bits per heavy atom. The summed E-state index contributed by atoms with van der Waals surface area (Å²) in [5.74, 6) is -0.969. The number of carbonyl (C=O) groups is 1. The van der Waals surface area contributed by atoms with Crippen molar-refractivity contribution in [3.63, 3.8) is 0 Å². The van der Waals surface area contributed by atoms with Crippen LogP contribution in [-0.4, -0.2) is 27.8 Å². The minimum Gasteiger partial charge on any atom is -0.464 e. The van der Waals surface area contributed by atoms with Gasteiger partial charge in [-0.15, -0.1) is 0 Å². The van der Waals surface area contributed by atoms with Crippen LogP contribution in [0.25, 0.3) is 11.0 Å². The fourth-order valence-electron chi connectivity index (χ4n) is 2.18. The highest BCUT2D eigenvalue weighted by atomic mass is 35.5. The largest absolute Gasteiger partial charge is 0.464 e. The first kappa shape index (κ1) is 14.5. The van der Waals surface area contributed by atoms with Crippen LogP contribution in [0.4, 0.5) is 4.39 Å². The number of rotatable bonds is 3. The molecule has 0 spiro atoms. The second-order valence-corrected chi connectivity index (χ2v) is 5.01. The maximum atomic E-state index is 13.1. The first-order valence-corrected chi connectivity index (χ1v) is 6.81. The van der Waals surface area contributed by atoms with E-state index in [0.29, 0.717) is 21.6 Å². The van der Waals surface area contributed by atoms with E-state index in [1.165, 1.54) is 19.2 Å². The van der Waals surface area contributed by atoms with E-state index < -0.39 is 11.8 Å². The van der Waals surface area contributed by atoms with Gasteiger partial charge in [0.05, 0.1) is 19.2 Å². The Morgan fingerprint density at radius 2 is 2.23 bits per heavy atom. The van der Waals surface area contributed by atoms with Gasteiger partial charge >= 0.3 is 5.97 Å². The first-order chi connectivity index (χ1) is 10.6. The predicted molar refractivity (Wildman–Crippen MR) is 79.4 cm³/mol. The van der Waals surface area contributed by atoms with Crippen molar-refractivity contribution in [1.82, 2.24) is 14.8 Å². The van der Waals surface area contributed by atoms with Crippen molar-refractivity contribution < 1.29 is 13.9 Å². The molecule has 0 aliphatic rings. The molecule has 0 aliphatic carbocycles. The zero-order valence-corrected chi connectivity index (χ0v) is 12.3. The van der Waals surface area contributed by atoms with Crippen molar-refractivity contribution in [2.24, 2.45) is 0 Å². The summed E-state index contributed by atoms with van der Waals surface area (Å²) >= 11 is 6.04. The van der Waals surface area contributed by atoms with E-state index in [9.17, 15) is 9.18 Å². The molecular weight excluding hydrogens is 309 g/mol. The normalized spacial score (nSPS) is 10.9. The maximum Gasteiger partial charge on any atom is 0.360 e. The Balaban J connectivity index is 2.09. The molecule has 3 aromatic rings. The molecule has 0 fully saturated rings. The van der Waals surface area contributed by atoms with Crippen molar-refractivity contribution in [3.8, 4) is 0 Å². The summed E-state index contributed by atoms with van der Waals surface area (Å²) in [4.78, 5) is 16.0. The lowest BCUT2D eigenvalue weighted by Crippen LogP contribution is -2.06. The van der Waals surface area contributed by atoms with Crippen LogP contribution in [0, 0.1) is 5.82 Å². The van der Waals surface area contributed by atoms with Gasteiger partial charge in [-0.1, -0.05) is 17.7 Å². The molecule has 112 valence electrons. The summed E-state index contributed by atoms with van der Waals surface area (Å²) in [6.07, 6.45) is 1.58. The van der Waals surface area contributed by atoms with Crippen molar-refractivity contribution in [2.75, 3.05) is 7.11 Å². The summed E-state index contributed by atoms with van der Waals surface area (Å²) in [6.45, 7) is 0.290. The predicted octanol–water partition coefficient (Wildman–Crippen LogP) is 3.06. The fraction of sp³-hybridized carbons (Fsp3) is 0.133. The molecule has 5 nitrogen and oxygen atoms in total. The molecule has 0 bridgehead atoms. The Labute approximate surface area is 130 Å². The van der Waals surface area contributed by atoms with Crippen LogP contribution >= 0.6 is 11.6 Å². The molecule has 3 rings (SSSR count). The Bertz CT molecular complexity index is 863. The third-order valence-electron chi connectivity index (χ3n) is 3.22. The van der Waals surface area contributed by atoms with Gasteiger partial charge in [0.1, 0.15) is 11.3 Å². The highest BCUT2D eigenvalue weighted by Crippen LogP contribution is 2.22. The SMILES string of the molecule is COC(=O)c1nn(Cc2ccc(F)cc2Cl)c2cccnc12. The van der Waals surface area contributed by atoms with Gasteiger partial charge in [-0.2, -0.15) is 5.10 Å². The number of hydrogen-bond donors (Lipinski definition) is 0. The third kappa shape index (κ3) is 2.53. The maximum absolute atomic E-state index is 13.1. The Kier molecular flexibility index (Phi) is 3.77. The second kappa shape index (κ2) is 5.73. The van der Waals surface area contributed by atoms with Crippen molar-refractivity contribution in [3.05, 3.63) is 58.6 Å². The van der Waals surface area contributed by atoms with Crippen molar-refractivity contribution in [1.29, 1.82) is 0 Å². The minimum absolute atomic E-state index is 0.135. The van der Waals surface area contributed by atoms with Crippen LogP contribution in [-0.2, 0) is 11.3 Å². The molecule has 0 amide bonds. The number of benzene rings is 1. The molecule has 0 atom stereocenters. The van der Waals surface area contributed by atoms with Gasteiger partial charge in [-0.05, 0) is 29.8 Å². The highest BCUT2D eigenvalue weighted by Gasteiger charge is 2.19. The lowest BCUT2D eigenvalue weighted by atomic mass is 10.2. The quantitative estimate of drug-likeness (QED) is 0.696. The number of hydrogen-bond acceptors (Lipinski definition) is 4. The number of carbonyl (C=O) groups excluding carboxylic acids is 1. The van der Waals surface area contributed by atoms with Gasteiger partial charge in [0.15, 0.2) is 5.69 Å². The molecule has 0 unspecified atom stereocenters. The van der Waals surface area contributed by atoms with Crippen LogP contribution in [0.3, 0.4) is 0 Å². The van der Waals surface area contributed by atoms with Gasteiger partial charge in [0.25, 0.3) is 0 Å². The molecule has 0 saturated carbocycles. The summed E-state index contributed by atoms with van der Waals surface area (Å²) in [6, 6.07) is 7.68. The zero-order chi connectivity index (χ0) is 15.7. The van der Waals surface area contributed by atoms with E-state index in [2.05, 4.69) is 10.1 Å². The molecule has 0 aliphatic heterocycles. The Hall–Kier alpha value is -2.47. The van der Waals surface area contributed by atoms with Gasteiger partial charge in [0.2, 0.25) is 0 Å². The molecule has 7 heteroatoms. The number of esters is 1. The monoisotopic (exact) mass is 319 g/mol. The average Bonchev–Trinajstić information content (AvgIpc) is 2.88. The van der Waals surface area contributed by atoms with Crippen LogP contribution in [0.2, 0.25) is 5.02 Å². The standard InChI is InChI=1S/C15H11ClFN3O2/c1-22-15(21)14-13-12(3-2-6-18-13)20(19-14)8-9-4-5-10(17)7-11(9)16/h2-7H,8H2,1H3. The lowest BCUT2D eigenvalue weighted by Gasteiger charge is -2.06. The number of nitrogens with zero attached hydrogens (tertiary/aromatic N) is 3. The summed E-state index contributed by atoms with van der Waals surface area (Å²) in [7, 11) is 1.28. The highest BCUT2D eigenvalue weighted by molar-refractivity contribution is 6.31. The minimum atomic E-state index is -0.562. The number of pyridine rings is 1. The van der Waals surface area contributed by atoms with Crippen LogP contribution in [0.5, 0.6) is 0 Å². The van der Waals surface area contributed by atoms with Crippen LogP contribution in [0.1, 0.15) is 16.1 Å². The average molecular weight is 320 g/mol. The smallest absolute Gasteiger partial charge is 0.360 e. The summed E-state index contributed by atoms with van der Waals surface area (Å²) < 4.78 is 19.4. The Morgan fingerprint density at radius 1 is 1.41 bits per heavy atom. The van der Waals surface area contributed by atoms with E-state index >= 15 is 0 Å². The molecule has 2 heterocycles.